The van der Waals surface area contributed by atoms with Crippen LogP contribution in [-0.2, 0) is 9.59 Å². The van der Waals surface area contributed by atoms with E-state index in [0.717, 1.165) is 70.8 Å². The average molecular weight is 503 g/mol. The maximum absolute atomic E-state index is 12.3. The van der Waals surface area contributed by atoms with Gasteiger partial charge in [0.15, 0.2) is 0 Å². The lowest BCUT2D eigenvalue weighted by Crippen LogP contribution is -2.26. The summed E-state index contributed by atoms with van der Waals surface area (Å²) in [6, 6.07) is 6.75. The summed E-state index contributed by atoms with van der Waals surface area (Å²) >= 11 is 0. The van der Waals surface area contributed by atoms with Crippen LogP contribution < -0.4 is 21.3 Å². The van der Waals surface area contributed by atoms with Gasteiger partial charge >= 0.3 is 0 Å². The van der Waals surface area contributed by atoms with E-state index in [1.807, 2.05) is 7.05 Å². The van der Waals surface area contributed by atoms with Gasteiger partial charge in [-0.05, 0) is 83.3 Å². The lowest BCUT2D eigenvalue weighted by molar-refractivity contribution is -0.121. The Hall–Kier alpha value is -2.74. The molecule has 0 spiro atoms. The number of carbonyl (C=O) groups is 4. The zero-order chi connectivity index (χ0) is 26.4. The van der Waals surface area contributed by atoms with E-state index in [2.05, 4.69) is 21.3 Å². The number of benzene rings is 1. The lowest BCUT2D eigenvalue weighted by Gasteiger charge is -2.08. The molecule has 0 aromatic heterocycles. The monoisotopic (exact) mass is 502 g/mol. The minimum atomic E-state index is -0.138. The maximum Gasteiger partial charge on any atom is 0.251 e. The van der Waals surface area contributed by atoms with Crippen LogP contribution in [0.5, 0.6) is 0 Å². The number of amides is 3. The van der Waals surface area contributed by atoms with Crippen LogP contribution in [0.15, 0.2) is 24.3 Å². The predicted octanol–water partition coefficient (Wildman–Crippen LogP) is 3.75. The third kappa shape index (κ3) is 16.0. The van der Waals surface area contributed by atoms with Gasteiger partial charge in [-0.15, -0.1) is 0 Å². The number of rotatable bonds is 21. The molecule has 0 heterocycles. The molecule has 0 saturated carbocycles. The Bertz CT molecular complexity index is 780. The van der Waals surface area contributed by atoms with Gasteiger partial charge < -0.3 is 26.1 Å². The summed E-state index contributed by atoms with van der Waals surface area (Å²) in [5.74, 6) is -0.0338. The molecule has 1 aromatic carbocycles. The predicted molar refractivity (Wildman–Crippen MR) is 144 cm³/mol. The number of hydrogen-bond acceptors (Lipinski definition) is 5. The highest BCUT2D eigenvalue weighted by molar-refractivity contribution is 5.97. The highest BCUT2D eigenvalue weighted by Crippen LogP contribution is 2.06. The average Bonchev–Trinajstić information content (AvgIpc) is 2.87. The molecule has 0 aliphatic rings. The third-order valence-electron chi connectivity index (χ3n) is 5.94. The maximum atomic E-state index is 12.3. The fourth-order valence-electron chi connectivity index (χ4n) is 3.74. The van der Waals surface area contributed by atoms with Gasteiger partial charge in [-0.2, -0.15) is 0 Å². The van der Waals surface area contributed by atoms with Crippen molar-refractivity contribution in [1.82, 2.24) is 21.3 Å². The van der Waals surface area contributed by atoms with Crippen LogP contribution >= 0.6 is 0 Å². The highest BCUT2D eigenvalue weighted by Gasteiger charge is 2.08. The van der Waals surface area contributed by atoms with Crippen molar-refractivity contribution in [2.45, 2.75) is 84.0 Å². The molecular weight excluding hydrogens is 456 g/mol. The number of unbranched alkanes of at least 4 members (excludes halogenated alkanes) is 7. The van der Waals surface area contributed by atoms with E-state index in [1.54, 1.807) is 31.2 Å². The first kappa shape index (κ1) is 31.3. The van der Waals surface area contributed by atoms with Crippen molar-refractivity contribution in [2.24, 2.45) is 0 Å². The van der Waals surface area contributed by atoms with Crippen LogP contribution in [0, 0.1) is 0 Å². The number of hydrogen-bond donors (Lipinski definition) is 4. The van der Waals surface area contributed by atoms with Crippen LogP contribution in [0.2, 0.25) is 0 Å². The molecule has 0 fully saturated rings. The van der Waals surface area contributed by atoms with E-state index >= 15 is 0 Å². The molecular formula is C28H46N4O4. The van der Waals surface area contributed by atoms with E-state index in [0.29, 0.717) is 43.6 Å². The Balaban J connectivity index is 2.08. The highest BCUT2D eigenvalue weighted by atomic mass is 16.2. The molecule has 0 atom stereocenters. The summed E-state index contributed by atoms with van der Waals surface area (Å²) in [5, 5.41) is 11.9. The van der Waals surface area contributed by atoms with Crippen LogP contribution in [0.3, 0.4) is 0 Å². The molecule has 4 N–H and O–H groups in total. The Kier molecular flexibility index (Phi) is 17.8. The van der Waals surface area contributed by atoms with Crippen molar-refractivity contribution in [1.29, 1.82) is 0 Å². The first-order valence-corrected chi connectivity index (χ1v) is 13.5. The van der Waals surface area contributed by atoms with Gasteiger partial charge in [0.1, 0.15) is 5.78 Å². The van der Waals surface area contributed by atoms with Gasteiger partial charge in [0, 0.05) is 43.6 Å². The molecule has 0 unspecified atom stereocenters. The Labute approximate surface area is 216 Å². The fraction of sp³-hybridized carbons (Fsp3) is 0.643. The first-order chi connectivity index (χ1) is 17.4. The van der Waals surface area contributed by atoms with E-state index in [1.165, 1.54) is 0 Å². The normalized spacial score (nSPS) is 10.6. The number of carbonyl (C=O) groups excluding carboxylic acids is 4. The van der Waals surface area contributed by atoms with Crippen molar-refractivity contribution in [3.05, 3.63) is 35.4 Å². The zero-order valence-electron chi connectivity index (χ0n) is 22.3. The quantitative estimate of drug-likeness (QED) is 0.191. The second-order valence-corrected chi connectivity index (χ2v) is 9.28. The molecule has 1 aromatic rings. The first-order valence-electron chi connectivity index (χ1n) is 13.5. The van der Waals surface area contributed by atoms with Crippen LogP contribution in [-0.4, -0.2) is 56.7 Å². The molecule has 202 valence electrons. The molecule has 0 radical (unpaired) electrons. The van der Waals surface area contributed by atoms with Crippen molar-refractivity contribution < 1.29 is 19.2 Å². The summed E-state index contributed by atoms with van der Waals surface area (Å²) in [5.41, 5.74) is 1.10. The SMILES string of the molecule is CNCCCCCCNC(=O)c1ccc(C(=O)NCCCCCCNC(=O)CCCCC(C)=O)cc1. The standard InChI is InChI=1S/C28H46N4O4/c1-23(33)13-7-8-14-26(34)30-20-10-5-6-12-22-32-28(36)25-17-15-24(16-18-25)27(35)31-21-11-4-3-9-19-29-2/h15-18,29H,3-14,19-22H2,1-2H3,(H,30,34)(H,31,35)(H,32,36). The van der Waals surface area contributed by atoms with Crippen molar-refractivity contribution in [3.8, 4) is 0 Å². The van der Waals surface area contributed by atoms with Gasteiger partial charge in [0.25, 0.3) is 11.8 Å². The van der Waals surface area contributed by atoms with Crippen LogP contribution in [0.1, 0.15) is 105 Å². The van der Waals surface area contributed by atoms with Gasteiger partial charge in [-0.25, -0.2) is 0 Å². The van der Waals surface area contributed by atoms with Crippen molar-refractivity contribution >= 4 is 23.5 Å². The van der Waals surface area contributed by atoms with E-state index in [4.69, 9.17) is 0 Å². The molecule has 8 heteroatoms. The Morgan fingerprint density at radius 1 is 0.556 bits per heavy atom. The third-order valence-corrected chi connectivity index (χ3v) is 5.94. The molecule has 8 nitrogen and oxygen atoms in total. The van der Waals surface area contributed by atoms with Gasteiger partial charge in [0.05, 0.1) is 0 Å². The van der Waals surface area contributed by atoms with Gasteiger partial charge in [0.2, 0.25) is 5.91 Å². The molecule has 3 amide bonds. The minimum Gasteiger partial charge on any atom is -0.356 e. The van der Waals surface area contributed by atoms with Crippen molar-refractivity contribution in [3.63, 3.8) is 0 Å². The summed E-state index contributed by atoms with van der Waals surface area (Å²) in [7, 11) is 1.95. The Morgan fingerprint density at radius 3 is 1.42 bits per heavy atom. The summed E-state index contributed by atoms with van der Waals surface area (Å²) in [6.45, 7) is 4.52. The largest absolute Gasteiger partial charge is 0.356 e. The molecule has 0 bridgehead atoms. The number of Topliss-reactive ketones (excluding diaryl/α,β-unsaturated/α-hetero) is 1. The molecule has 0 aliphatic heterocycles. The topological polar surface area (TPSA) is 116 Å². The van der Waals surface area contributed by atoms with Crippen LogP contribution in [0.25, 0.3) is 0 Å². The zero-order valence-corrected chi connectivity index (χ0v) is 22.3. The number of ketones is 1. The van der Waals surface area contributed by atoms with Crippen molar-refractivity contribution in [2.75, 3.05) is 33.2 Å². The molecule has 0 saturated heterocycles. The fourth-order valence-corrected chi connectivity index (χ4v) is 3.74. The lowest BCUT2D eigenvalue weighted by atomic mass is 10.1. The molecule has 1 rings (SSSR count). The molecule has 36 heavy (non-hydrogen) atoms. The summed E-state index contributed by atoms with van der Waals surface area (Å²) < 4.78 is 0. The summed E-state index contributed by atoms with van der Waals surface area (Å²) in [4.78, 5) is 47.2. The Morgan fingerprint density at radius 2 is 0.972 bits per heavy atom. The minimum absolute atomic E-state index is 0.0464. The number of nitrogens with one attached hydrogen (secondary N) is 4. The van der Waals surface area contributed by atoms with Gasteiger partial charge in [-0.1, -0.05) is 25.7 Å². The van der Waals surface area contributed by atoms with E-state index < -0.39 is 0 Å². The van der Waals surface area contributed by atoms with Crippen LogP contribution in [0.4, 0.5) is 0 Å². The summed E-state index contributed by atoms with van der Waals surface area (Å²) in [6.07, 6.45) is 10.7. The smallest absolute Gasteiger partial charge is 0.251 e. The molecule has 0 aliphatic carbocycles. The van der Waals surface area contributed by atoms with Gasteiger partial charge in [-0.3, -0.25) is 14.4 Å². The second kappa shape index (κ2) is 20.5. The van der Waals surface area contributed by atoms with E-state index in [-0.39, 0.29) is 23.5 Å². The second-order valence-electron chi connectivity index (χ2n) is 9.28. The van der Waals surface area contributed by atoms with E-state index in [9.17, 15) is 19.2 Å².